The van der Waals surface area contributed by atoms with Gasteiger partial charge in [-0.05, 0) is 38.1 Å². The quantitative estimate of drug-likeness (QED) is 0.437. The lowest BCUT2D eigenvalue weighted by atomic mass is 10.1. The van der Waals surface area contributed by atoms with Gasteiger partial charge in [-0.15, -0.1) is 0 Å². The lowest BCUT2D eigenvalue weighted by Crippen LogP contribution is -2.10. The molecule has 0 unspecified atom stereocenters. The van der Waals surface area contributed by atoms with E-state index in [4.69, 9.17) is 18.6 Å². The molecule has 0 spiro atoms. The average molecular weight is 461 g/mol. The lowest BCUT2D eigenvalue weighted by Gasteiger charge is -2.11. The van der Waals surface area contributed by atoms with Gasteiger partial charge in [0, 0.05) is 15.4 Å². The predicted molar refractivity (Wildman–Crippen MR) is 111 cm³/mol. The largest absolute Gasteiger partial charge is 0.488 e. The Bertz CT molecular complexity index is 1020. The summed E-state index contributed by atoms with van der Waals surface area (Å²) in [5.41, 5.74) is 1.86. The first-order valence-corrected chi connectivity index (χ1v) is 10.1. The number of esters is 2. The van der Waals surface area contributed by atoms with Crippen LogP contribution >= 0.6 is 15.9 Å². The highest BCUT2D eigenvalue weighted by atomic mass is 79.9. The fourth-order valence-electron chi connectivity index (χ4n) is 2.93. The summed E-state index contributed by atoms with van der Waals surface area (Å²) in [6, 6.07) is 12.7. The van der Waals surface area contributed by atoms with E-state index in [2.05, 4.69) is 15.9 Å². The maximum atomic E-state index is 12.4. The standard InChI is InChI=1S/C22H21BrO6/c1-3-26-20(24)11-14-7-5-6-8-18(14)28-13-17-16-12-15(23)9-10-19(16)29-21(17)22(25)27-4-2/h5-10,12H,3-4,11,13H2,1-2H3. The summed E-state index contributed by atoms with van der Waals surface area (Å²) in [6.07, 6.45) is 0.104. The Morgan fingerprint density at radius 3 is 2.55 bits per heavy atom. The highest BCUT2D eigenvalue weighted by molar-refractivity contribution is 9.10. The SMILES string of the molecule is CCOC(=O)Cc1ccccc1OCc1c(C(=O)OCC)oc2ccc(Br)cc12. The highest BCUT2D eigenvalue weighted by Gasteiger charge is 2.23. The van der Waals surface area contributed by atoms with E-state index in [-0.39, 0.29) is 31.4 Å². The van der Waals surface area contributed by atoms with Crippen molar-refractivity contribution >= 4 is 38.8 Å². The molecule has 152 valence electrons. The van der Waals surface area contributed by atoms with Gasteiger partial charge in [-0.3, -0.25) is 4.79 Å². The zero-order valence-corrected chi connectivity index (χ0v) is 17.8. The number of hydrogen-bond acceptors (Lipinski definition) is 6. The van der Waals surface area contributed by atoms with Gasteiger partial charge < -0.3 is 18.6 Å². The van der Waals surface area contributed by atoms with E-state index in [1.165, 1.54) is 0 Å². The fourth-order valence-corrected chi connectivity index (χ4v) is 3.29. The van der Waals surface area contributed by atoms with Crippen LogP contribution in [0.3, 0.4) is 0 Å². The molecule has 2 aromatic carbocycles. The van der Waals surface area contributed by atoms with Crippen LogP contribution in [-0.4, -0.2) is 25.2 Å². The molecule has 0 saturated carbocycles. The molecule has 1 aromatic heterocycles. The Morgan fingerprint density at radius 2 is 1.79 bits per heavy atom. The molecule has 0 aliphatic carbocycles. The van der Waals surface area contributed by atoms with Gasteiger partial charge >= 0.3 is 11.9 Å². The molecule has 0 bridgehead atoms. The summed E-state index contributed by atoms with van der Waals surface area (Å²) in [4.78, 5) is 24.2. The molecule has 0 saturated heterocycles. The van der Waals surface area contributed by atoms with Gasteiger partial charge in [-0.1, -0.05) is 34.1 Å². The monoisotopic (exact) mass is 460 g/mol. The van der Waals surface area contributed by atoms with Crippen molar-refractivity contribution in [2.75, 3.05) is 13.2 Å². The molecular weight excluding hydrogens is 440 g/mol. The topological polar surface area (TPSA) is 75.0 Å². The van der Waals surface area contributed by atoms with Crippen LogP contribution in [0.1, 0.15) is 35.5 Å². The van der Waals surface area contributed by atoms with Crippen molar-refractivity contribution in [2.24, 2.45) is 0 Å². The van der Waals surface area contributed by atoms with Crippen molar-refractivity contribution in [3.63, 3.8) is 0 Å². The minimum Gasteiger partial charge on any atom is -0.488 e. The molecular formula is C22H21BrO6. The van der Waals surface area contributed by atoms with E-state index in [0.29, 0.717) is 29.1 Å². The van der Waals surface area contributed by atoms with Crippen LogP contribution in [0.15, 0.2) is 51.4 Å². The second kappa shape index (κ2) is 9.60. The number of furan rings is 1. The Hall–Kier alpha value is -2.80. The maximum Gasteiger partial charge on any atom is 0.374 e. The van der Waals surface area contributed by atoms with Crippen molar-refractivity contribution in [3.05, 3.63) is 63.8 Å². The second-order valence-corrected chi connectivity index (χ2v) is 7.06. The van der Waals surface area contributed by atoms with Crippen LogP contribution in [-0.2, 0) is 27.3 Å². The van der Waals surface area contributed by atoms with Crippen LogP contribution in [0.5, 0.6) is 5.75 Å². The number of carbonyl (C=O) groups is 2. The molecule has 3 rings (SSSR count). The van der Waals surface area contributed by atoms with Crippen LogP contribution in [0.25, 0.3) is 11.0 Å². The zero-order valence-electron chi connectivity index (χ0n) is 16.2. The Balaban J connectivity index is 1.91. The van der Waals surface area contributed by atoms with E-state index >= 15 is 0 Å². The molecule has 1 heterocycles. The third kappa shape index (κ3) is 4.98. The fraction of sp³-hybridized carbons (Fsp3) is 0.273. The minimum atomic E-state index is -0.543. The van der Waals surface area contributed by atoms with Crippen molar-refractivity contribution in [1.29, 1.82) is 0 Å². The summed E-state index contributed by atoms with van der Waals surface area (Å²) >= 11 is 3.44. The molecule has 3 aromatic rings. The average Bonchev–Trinajstić information content (AvgIpc) is 3.05. The Labute approximate surface area is 176 Å². The summed E-state index contributed by atoms with van der Waals surface area (Å²) in [5.74, 6) is -0.214. The van der Waals surface area contributed by atoms with E-state index in [9.17, 15) is 9.59 Å². The van der Waals surface area contributed by atoms with Crippen molar-refractivity contribution in [1.82, 2.24) is 0 Å². The maximum absolute atomic E-state index is 12.4. The van der Waals surface area contributed by atoms with E-state index in [1.807, 2.05) is 30.3 Å². The van der Waals surface area contributed by atoms with Crippen LogP contribution < -0.4 is 4.74 Å². The number of fused-ring (bicyclic) bond motifs is 1. The smallest absolute Gasteiger partial charge is 0.374 e. The molecule has 6 nitrogen and oxygen atoms in total. The molecule has 0 fully saturated rings. The second-order valence-electron chi connectivity index (χ2n) is 6.15. The van der Waals surface area contributed by atoms with Gasteiger partial charge in [0.05, 0.1) is 25.2 Å². The molecule has 0 N–H and O–H groups in total. The van der Waals surface area contributed by atoms with E-state index in [0.717, 1.165) is 9.86 Å². The third-order valence-electron chi connectivity index (χ3n) is 4.20. The number of hydrogen-bond donors (Lipinski definition) is 0. The first-order valence-electron chi connectivity index (χ1n) is 9.27. The lowest BCUT2D eigenvalue weighted by molar-refractivity contribution is -0.142. The van der Waals surface area contributed by atoms with E-state index < -0.39 is 5.97 Å². The van der Waals surface area contributed by atoms with Crippen LogP contribution in [0.2, 0.25) is 0 Å². The van der Waals surface area contributed by atoms with Gasteiger partial charge in [0.2, 0.25) is 5.76 Å². The molecule has 0 atom stereocenters. The highest BCUT2D eigenvalue weighted by Crippen LogP contribution is 2.31. The number of para-hydroxylation sites is 1. The van der Waals surface area contributed by atoms with Crippen LogP contribution in [0.4, 0.5) is 0 Å². The molecule has 0 aliphatic heterocycles. The molecule has 7 heteroatoms. The Morgan fingerprint density at radius 1 is 1.03 bits per heavy atom. The predicted octanol–water partition coefficient (Wildman–Crippen LogP) is 5.06. The van der Waals surface area contributed by atoms with Gasteiger partial charge in [0.25, 0.3) is 0 Å². The summed E-state index contributed by atoms with van der Waals surface area (Å²) in [5, 5.41) is 0.755. The van der Waals surface area contributed by atoms with Gasteiger partial charge in [-0.25, -0.2) is 4.79 Å². The number of carbonyl (C=O) groups excluding carboxylic acids is 2. The van der Waals surface area contributed by atoms with Gasteiger partial charge in [-0.2, -0.15) is 0 Å². The summed E-state index contributed by atoms with van der Waals surface area (Å²) in [6.45, 7) is 4.14. The van der Waals surface area contributed by atoms with Crippen molar-refractivity contribution in [2.45, 2.75) is 26.9 Å². The normalized spacial score (nSPS) is 10.7. The number of rotatable bonds is 8. The minimum absolute atomic E-state index is 0.0808. The van der Waals surface area contributed by atoms with Crippen molar-refractivity contribution < 1.29 is 28.2 Å². The van der Waals surface area contributed by atoms with Crippen molar-refractivity contribution in [3.8, 4) is 5.75 Å². The first-order chi connectivity index (χ1) is 14.0. The molecule has 29 heavy (non-hydrogen) atoms. The Kier molecular flexibility index (Phi) is 6.93. The van der Waals surface area contributed by atoms with Crippen LogP contribution in [0, 0.1) is 0 Å². The first kappa shape index (κ1) is 20.9. The molecule has 0 amide bonds. The van der Waals surface area contributed by atoms with E-state index in [1.54, 1.807) is 26.0 Å². The van der Waals surface area contributed by atoms with Gasteiger partial charge in [0.15, 0.2) is 0 Å². The summed E-state index contributed by atoms with van der Waals surface area (Å²) in [7, 11) is 0. The van der Waals surface area contributed by atoms with Gasteiger partial charge in [0.1, 0.15) is 17.9 Å². The number of halogens is 1. The summed E-state index contributed by atoms with van der Waals surface area (Å²) < 4.78 is 22.7. The number of ether oxygens (including phenoxy) is 3. The molecule has 0 radical (unpaired) electrons. The molecule has 0 aliphatic rings. The third-order valence-corrected chi connectivity index (χ3v) is 4.69. The number of benzene rings is 2. The zero-order chi connectivity index (χ0) is 20.8.